The fraction of sp³-hybridized carbons (Fsp3) is 0.556. The fourth-order valence-corrected chi connectivity index (χ4v) is 5.94. The third kappa shape index (κ3) is 3.41. The summed E-state index contributed by atoms with van der Waals surface area (Å²) < 4.78 is 3.51. The van der Waals surface area contributed by atoms with E-state index in [1.807, 2.05) is 0 Å². The van der Waals surface area contributed by atoms with Crippen molar-refractivity contribution in [3.63, 3.8) is 0 Å². The normalized spacial score (nSPS) is 19.9. The van der Waals surface area contributed by atoms with E-state index in [9.17, 15) is 0 Å². The summed E-state index contributed by atoms with van der Waals surface area (Å²) >= 11 is -0.114. The molecule has 0 fully saturated rings. The fourth-order valence-electron chi connectivity index (χ4n) is 2.83. The second kappa shape index (κ2) is 5.22. The molecule has 0 N–H and O–H groups in total. The van der Waals surface area contributed by atoms with E-state index in [0.29, 0.717) is 10.8 Å². The van der Waals surface area contributed by atoms with Crippen molar-refractivity contribution in [1.29, 1.82) is 0 Å². The van der Waals surface area contributed by atoms with Crippen molar-refractivity contribution < 1.29 is 19.2 Å². The molecule has 0 unspecified atom stereocenters. The zero-order chi connectivity index (χ0) is 14.3. The summed E-state index contributed by atoms with van der Waals surface area (Å²) in [6, 6.07) is 0. The van der Waals surface area contributed by atoms with Gasteiger partial charge in [0, 0.05) is 0 Å². The Morgan fingerprint density at radius 3 is 1.42 bits per heavy atom. The third-order valence-electron chi connectivity index (χ3n) is 3.78. The second-order valence-corrected chi connectivity index (χ2v) is 9.90. The molecule has 2 aliphatic carbocycles. The molecule has 0 aromatic carbocycles. The molecule has 0 aromatic rings. The van der Waals surface area contributed by atoms with Crippen LogP contribution in [0.3, 0.4) is 0 Å². The van der Waals surface area contributed by atoms with Gasteiger partial charge in [-0.15, -0.1) is 0 Å². The molecular formula is C18H26Ti. The molecule has 0 spiro atoms. The first-order valence-electron chi connectivity index (χ1n) is 7.27. The van der Waals surface area contributed by atoms with Crippen LogP contribution in [0, 0.1) is 10.8 Å². The molecule has 0 atom stereocenters. The monoisotopic (exact) mass is 290 g/mol. The van der Waals surface area contributed by atoms with E-state index < -0.39 is 0 Å². The molecule has 19 heavy (non-hydrogen) atoms. The van der Waals surface area contributed by atoms with Crippen LogP contribution in [0.1, 0.15) is 54.4 Å². The van der Waals surface area contributed by atoms with Gasteiger partial charge in [-0.3, -0.25) is 0 Å². The van der Waals surface area contributed by atoms with Crippen molar-refractivity contribution in [2.75, 3.05) is 0 Å². The van der Waals surface area contributed by atoms with Crippen LogP contribution < -0.4 is 0 Å². The Morgan fingerprint density at radius 2 is 1.11 bits per heavy atom. The van der Waals surface area contributed by atoms with Crippen molar-refractivity contribution in [3.8, 4) is 0 Å². The Morgan fingerprint density at radius 1 is 0.737 bits per heavy atom. The van der Waals surface area contributed by atoms with Gasteiger partial charge in [0.2, 0.25) is 0 Å². The summed E-state index contributed by atoms with van der Waals surface area (Å²) in [5.74, 6) is 0. The van der Waals surface area contributed by atoms with Gasteiger partial charge in [0.25, 0.3) is 0 Å². The number of hydrogen-bond donors (Lipinski definition) is 0. The van der Waals surface area contributed by atoms with Gasteiger partial charge in [-0.05, 0) is 0 Å². The Kier molecular flexibility index (Phi) is 4.14. The average Bonchev–Trinajstić information content (AvgIpc) is 2.83. The van der Waals surface area contributed by atoms with E-state index in [1.54, 1.807) is 18.9 Å². The third-order valence-corrected chi connectivity index (χ3v) is 6.20. The summed E-state index contributed by atoms with van der Waals surface area (Å²) in [7, 11) is 0. The first kappa shape index (κ1) is 15.1. The van der Waals surface area contributed by atoms with Crippen LogP contribution in [-0.2, 0) is 19.2 Å². The van der Waals surface area contributed by atoms with Crippen LogP contribution >= 0.6 is 0 Å². The molecular weight excluding hydrogens is 264 g/mol. The van der Waals surface area contributed by atoms with E-state index >= 15 is 0 Å². The van der Waals surface area contributed by atoms with Crippen LogP contribution in [0.25, 0.3) is 0 Å². The Hall–Kier alpha value is -0.326. The van der Waals surface area contributed by atoms with Crippen molar-refractivity contribution in [2.24, 2.45) is 10.8 Å². The van der Waals surface area contributed by atoms with Gasteiger partial charge in [0.05, 0.1) is 0 Å². The van der Waals surface area contributed by atoms with Crippen molar-refractivity contribution in [2.45, 2.75) is 54.4 Å². The summed E-state index contributed by atoms with van der Waals surface area (Å²) in [5, 5.41) is 0. The van der Waals surface area contributed by atoms with E-state index in [2.05, 4.69) is 65.8 Å². The molecule has 2 rings (SSSR count). The van der Waals surface area contributed by atoms with E-state index in [4.69, 9.17) is 0 Å². The quantitative estimate of drug-likeness (QED) is 0.582. The Balaban J connectivity index is 2.28. The molecule has 102 valence electrons. The molecule has 2 aliphatic rings. The molecule has 0 radical (unpaired) electrons. The topological polar surface area (TPSA) is 0 Å². The predicted octanol–water partition coefficient (Wildman–Crippen LogP) is 5.59. The summed E-state index contributed by atoms with van der Waals surface area (Å²) in [6.07, 6.45) is 11.9. The van der Waals surface area contributed by atoms with Crippen molar-refractivity contribution in [1.82, 2.24) is 0 Å². The van der Waals surface area contributed by atoms with Crippen LogP contribution in [0.15, 0.2) is 43.2 Å². The molecule has 0 nitrogen and oxygen atoms in total. The van der Waals surface area contributed by atoms with Crippen LogP contribution in [0.5, 0.6) is 0 Å². The van der Waals surface area contributed by atoms with Gasteiger partial charge in [-0.25, -0.2) is 0 Å². The second-order valence-electron chi connectivity index (χ2n) is 7.62. The van der Waals surface area contributed by atoms with Crippen molar-refractivity contribution in [3.05, 3.63) is 43.2 Å². The molecule has 0 aliphatic heterocycles. The zero-order valence-electron chi connectivity index (χ0n) is 13.2. The van der Waals surface area contributed by atoms with Crippen LogP contribution in [-0.4, -0.2) is 0 Å². The van der Waals surface area contributed by atoms with Gasteiger partial charge in [-0.2, -0.15) is 0 Å². The number of rotatable bonds is 2. The minimum atomic E-state index is -0.114. The van der Waals surface area contributed by atoms with Gasteiger partial charge < -0.3 is 0 Å². The minimum absolute atomic E-state index is 0.114. The first-order chi connectivity index (χ1) is 8.69. The molecule has 1 heteroatoms. The molecule has 0 saturated carbocycles. The molecule has 0 aromatic heterocycles. The van der Waals surface area contributed by atoms with Gasteiger partial charge in [0.15, 0.2) is 0 Å². The van der Waals surface area contributed by atoms with Gasteiger partial charge in [-0.1, -0.05) is 0 Å². The number of hydrogen-bond acceptors (Lipinski definition) is 0. The molecule has 0 heterocycles. The SMILES string of the molecule is CC(C)(C)C1=[C]([Ti][C]2=C(C(C)(C)C)C=CC2)CC=C1. The average molecular weight is 290 g/mol. The van der Waals surface area contributed by atoms with Gasteiger partial charge in [0.1, 0.15) is 0 Å². The van der Waals surface area contributed by atoms with E-state index in [0.717, 1.165) is 0 Å². The first-order valence-corrected chi connectivity index (χ1v) is 8.83. The standard InChI is InChI=1S/2C9H13.Ti/c2*1-9(2,3)8-6-4-5-7-8;/h2*4,6H,5H2,1-3H3;. The van der Waals surface area contributed by atoms with E-state index in [1.165, 1.54) is 12.8 Å². The van der Waals surface area contributed by atoms with Crippen LogP contribution in [0.4, 0.5) is 0 Å². The Labute approximate surface area is 127 Å². The van der Waals surface area contributed by atoms with Crippen LogP contribution in [0.2, 0.25) is 0 Å². The zero-order valence-corrected chi connectivity index (χ0v) is 14.8. The molecule has 0 bridgehead atoms. The van der Waals surface area contributed by atoms with E-state index in [-0.39, 0.29) is 19.2 Å². The van der Waals surface area contributed by atoms with Gasteiger partial charge >= 0.3 is 128 Å². The predicted molar refractivity (Wildman–Crippen MR) is 80.5 cm³/mol. The number of allylic oxidation sites excluding steroid dienone is 8. The summed E-state index contributed by atoms with van der Waals surface area (Å²) in [6.45, 7) is 14.1. The maximum atomic E-state index is 2.37. The maximum absolute atomic E-state index is 2.37. The van der Waals surface area contributed by atoms with Crippen molar-refractivity contribution >= 4 is 0 Å². The Bertz CT molecular complexity index is 439. The molecule has 0 saturated heterocycles. The summed E-state index contributed by atoms with van der Waals surface area (Å²) in [5.41, 5.74) is 3.83. The summed E-state index contributed by atoms with van der Waals surface area (Å²) in [4.78, 5) is 0. The molecule has 0 amide bonds.